The average Bonchev–Trinajstić information content (AvgIpc) is 2.82. The van der Waals surface area contributed by atoms with Gasteiger partial charge in [-0.2, -0.15) is 4.98 Å². The lowest BCUT2D eigenvalue weighted by Gasteiger charge is -2.02. The summed E-state index contributed by atoms with van der Waals surface area (Å²) in [6.07, 6.45) is 5.67. The Labute approximate surface area is 99.2 Å². The van der Waals surface area contributed by atoms with Gasteiger partial charge in [0.05, 0.1) is 5.92 Å². The molecule has 0 amide bonds. The van der Waals surface area contributed by atoms with E-state index in [4.69, 9.17) is 9.63 Å². The van der Waals surface area contributed by atoms with Crippen molar-refractivity contribution >= 4 is 5.97 Å². The minimum absolute atomic E-state index is 0.150. The van der Waals surface area contributed by atoms with Crippen LogP contribution >= 0.6 is 0 Å². The number of aliphatic carboxylic acids is 1. The zero-order valence-electron chi connectivity index (χ0n) is 9.63. The van der Waals surface area contributed by atoms with Gasteiger partial charge in [-0.05, 0) is 38.0 Å². The van der Waals surface area contributed by atoms with E-state index >= 15 is 0 Å². The Bertz CT molecular complexity index is 425. The molecule has 2 unspecified atom stereocenters. The molecule has 0 aromatic carbocycles. The molecule has 2 saturated carbocycles. The summed E-state index contributed by atoms with van der Waals surface area (Å²) in [6.45, 7) is 0. The smallest absolute Gasteiger partial charge is 0.306 e. The molecule has 0 bridgehead atoms. The lowest BCUT2D eigenvalue weighted by Crippen LogP contribution is -2.09. The Morgan fingerprint density at radius 1 is 1.35 bits per heavy atom. The van der Waals surface area contributed by atoms with E-state index in [1.807, 2.05) is 0 Å². The topological polar surface area (TPSA) is 76.2 Å². The third kappa shape index (κ3) is 2.33. The van der Waals surface area contributed by atoms with E-state index in [2.05, 4.69) is 10.1 Å². The molecular formula is C12H16N2O3. The molecule has 0 radical (unpaired) electrons. The summed E-state index contributed by atoms with van der Waals surface area (Å²) in [5, 5.41) is 12.9. The van der Waals surface area contributed by atoms with Crippen LogP contribution in [0, 0.1) is 11.8 Å². The molecule has 2 aliphatic rings. The van der Waals surface area contributed by atoms with Crippen molar-refractivity contribution in [1.82, 2.24) is 10.1 Å². The lowest BCUT2D eigenvalue weighted by molar-refractivity contribution is -0.141. The third-order valence-electron chi connectivity index (χ3n) is 3.78. The number of carbonyl (C=O) groups is 1. The van der Waals surface area contributed by atoms with Crippen LogP contribution in [-0.2, 0) is 11.2 Å². The molecule has 1 aromatic heterocycles. The first kappa shape index (κ1) is 10.7. The summed E-state index contributed by atoms with van der Waals surface area (Å²) < 4.78 is 5.25. The molecule has 2 atom stereocenters. The van der Waals surface area contributed by atoms with E-state index in [0.29, 0.717) is 12.3 Å². The summed E-state index contributed by atoms with van der Waals surface area (Å²) >= 11 is 0. The Morgan fingerprint density at radius 2 is 2.18 bits per heavy atom. The van der Waals surface area contributed by atoms with Crippen molar-refractivity contribution in [2.45, 2.75) is 44.4 Å². The third-order valence-corrected chi connectivity index (χ3v) is 3.78. The molecule has 0 aliphatic heterocycles. The van der Waals surface area contributed by atoms with Crippen LogP contribution in [0.2, 0.25) is 0 Å². The molecule has 2 aliphatic carbocycles. The van der Waals surface area contributed by atoms with E-state index in [0.717, 1.165) is 31.0 Å². The van der Waals surface area contributed by atoms with Gasteiger partial charge in [0.2, 0.25) is 5.89 Å². The number of nitrogens with zero attached hydrogens (tertiary/aromatic N) is 2. The van der Waals surface area contributed by atoms with Gasteiger partial charge in [-0.1, -0.05) is 5.16 Å². The van der Waals surface area contributed by atoms with Gasteiger partial charge in [0.1, 0.15) is 0 Å². The summed E-state index contributed by atoms with van der Waals surface area (Å²) in [5.41, 5.74) is 0. The highest BCUT2D eigenvalue weighted by Gasteiger charge is 2.34. The van der Waals surface area contributed by atoms with E-state index in [-0.39, 0.29) is 11.8 Å². The highest BCUT2D eigenvalue weighted by molar-refractivity contribution is 5.70. The largest absolute Gasteiger partial charge is 0.481 e. The molecule has 5 nitrogen and oxygen atoms in total. The number of hydrogen-bond acceptors (Lipinski definition) is 4. The molecule has 1 aromatic rings. The monoisotopic (exact) mass is 236 g/mol. The Kier molecular flexibility index (Phi) is 2.61. The number of carboxylic acids is 1. The van der Waals surface area contributed by atoms with E-state index in [1.165, 1.54) is 12.8 Å². The minimum atomic E-state index is -0.704. The number of rotatable bonds is 4. The van der Waals surface area contributed by atoms with Crippen molar-refractivity contribution in [3.63, 3.8) is 0 Å². The van der Waals surface area contributed by atoms with Crippen LogP contribution in [0.25, 0.3) is 0 Å². The molecule has 1 heterocycles. The maximum atomic E-state index is 10.9. The normalized spacial score (nSPS) is 28.5. The highest BCUT2D eigenvalue weighted by Crippen LogP contribution is 2.38. The first-order chi connectivity index (χ1) is 8.22. The predicted octanol–water partition coefficient (Wildman–Crippen LogP) is 1.99. The number of carboxylic acid groups (broad SMARTS) is 1. The van der Waals surface area contributed by atoms with Crippen molar-refractivity contribution in [3.8, 4) is 0 Å². The molecule has 3 rings (SSSR count). The zero-order valence-corrected chi connectivity index (χ0v) is 9.63. The minimum Gasteiger partial charge on any atom is -0.481 e. The Balaban J connectivity index is 1.63. The first-order valence-electron chi connectivity index (χ1n) is 6.27. The van der Waals surface area contributed by atoms with Gasteiger partial charge in [0.15, 0.2) is 5.82 Å². The average molecular weight is 236 g/mol. The standard InChI is InChI=1S/C12H16N2O3/c15-12(16)9-4-3-8(6-9)11-13-10(14-17-11)5-7-1-2-7/h7-9H,1-6H2,(H,15,16). The fourth-order valence-electron chi connectivity index (χ4n) is 2.53. The van der Waals surface area contributed by atoms with Gasteiger partial charge < -0.3 is 9.63 Å². The van der Waals surface area contributed by atoms with Crippen LogP contribution < -0.4 is 0 Å². The van der Waals surface area contributed by atoms with E-state index in [1.54, 1.807) is 0 Å². The summed E-state index contributed by atoms with van der Waals surface area (Å²) in [6, 6.07) is 0. The summed E-state index contributed by atoms with van der Waals surface area (Å²) in [5.74, 6) is 1.39. The second kappa shape index (κ2) is 4.13. The molecule has 1 N–H and O–H groups in total. The van der Waals surface area contributed by atoms with Crippen molar-refractivity contribution in [2.75, 3.05) is 0 Å². The second-order valence-electron chi connectivity index (χ2n) is 5.24. The van der Waals surface area contributed by atoms with E-state index in [9.17, 15) is 4.79 Å². The molecule has 17 heavy (non-hydrogen) atoms. The van der Waals surface area contributed by atoms with Crippen molar-refractivity contribution in [1.29, 1.82) is 0 Å². The molecule has 0 spiro atoms. The van der Waals surface area contributed by atoms with Crippen LogP contribution in [0.1, 0.15) is 49.7 Å². The van der Waals surface area contributed by atoms with Crippen molar-refractivity contribution < 1.29 is 14.4 Å². The van der Waals surface area contributed by atoms with Crippen molar-refractivity contribution in [3.05, 3.63) is 11.7 Å². The van der Waals surface area contributed by atoms with Crippen molar-refractivity contribution in [2.24, 2.45) is 11.8 Å². The van der Waals surface area contributed by atoms with Gasteiger partial charge in [-0.15, -0.1) is 0 Å². The van der Waals surface area contributed by atoms with Crippen LogP contribution in [0.4, 0.5) is 0 Å². The number of hydrogen-bond donors (Lipinski definition) is 1. The molecule has 92 valence electrons. The maximum absolute atomic E-state index is 10.9. The fraction of sp³-hybridized carbons (Fsp3) is 0.750. The zero-order chi connectivity index (χ0) is 11.8. The molecule has 2 fully saturated rings. The Morgan fingerprint density at radius 3 is 2.82 bits per heavy atom. The van der Waals surface area contributed by atoms with Crippen LogP contribution in [0.5, 0.6) is 0 Å². The SMILES string of the molecule is O=C(O)C1CCC(c2nc(CC3CC3)no2)C1. The van der Waals surface area contributed by atoms with Crippen LogP contribution in [-0.4, -0.2) is 21.2 Å². The first-order valence-corrected chi connectivity index (χ1v) is 6.27. The van der Waals surface area contributed by atoms with Gasteiger partial charge in [-0.25, -0.2) is 0 Å². The molecule has 0 saturated heterocycles. The fourth-order valence-corrected chi connectivity index (χ4v) is 2.53. The molecular weight excluding hydrogens is 220 g/mol. The summed E-state index contributed by atoms with van der Waals surface area (Å²) in [7, 11) is 0. The van der Waals surface area contributed by atoms with E-state index < -0.39 is 5.97 Å². The van der Waals surface area contributed by atoms with Gasteiger partial charge in [-0.3, -0.25) is 4.79 Å². The van der Waals surface area contributed by atoms with Gasteiger partial charge in [0.25, 0.3) is 0 Å². The van der Waals surface area contributed by atoms with Gasteiger partial charge in [0, 0.05) is 12.3 Å². The summed E-state index contributed by atoms with van der Waals surface area (Å²) in [4.78, 5) is 15.3. The van der Waals surface area contributed by atoms with Gasteiger partial charge >= 0.3 is 5.97 Å². The highest BCUT2D eigenvalue weighted by atomic mass is 16.5. The quantitative estimate of drug-likeness (QED) is 0.865. The maximum Gasteiger partial charge on any atom is 0.306 e. The Hall–Kier alpha value is -1.39. The lowest BCUT2D eigenvalue weighted by atomic mass is 10.1. The molecule has 5 heteroatoms. The van der Waals surface area contributed by atoms with Crippen LogP contribution in [0.15, 0.2) is 4.52 Å². The van der Waals surface area contributed by atoms with Crippen LogP contribution in [0.3, 0.4) is 0 Å². The number of aromatic nitrogens is 2. The second-order valence-corrected chi connectivity index (χ2v) is 5.24. The predicted molar refractivity (Wildman–Crippen MR) is 58.4 cm³/mol.